The second-order valence-corrected chi connectivity index (χ2v) is 9.14. The number of nitrogens with zero attached hydrogens (tertiary/aromatic N) is 1. The first kappa shape index (κ1) is 24.3. The molecule has 0 atom stereocenters. The van der Waals surface area contributed by atoms with Crippen LogP contribution in [0, 0.1) is 20.8 Å². The van der Waals surface area contributed by atoms with Crippen molar-refractivity contribution in [1.82, 2.24) is 0 Å². The van der Waals surface area contributed by atoms with Crippen LogP contribution in [0.4, 0.5) is 11.4 Å². The van der Waals surface area contributed by atoms with Gasteiger partial charge in [-0.1, -0.05) is 98.1 Å². The number of anilines is 2. The van der Waals surface area contributed by atoms with Crippen molar-refractivity contribution in [2.45, 2.75) is 20.8 Å². The normalized spacial score (nSPS) is 13.3. The smallest absolute Gasteiger partial charge is 0.0652 e. The van der Waals surface area contributed by atoms with Crippen molar-refractivity contribution in [3.8, 4) is 11.1 Å². The van der Waals surface area contributed by atoms with Crippen LogP contribution in [0.1, 0.15) is 22.3 Å². The second kappa shape index (κ2) is 9.82. The highest BCUT2D eigenvalue weighted by Gasteiger charge is 2.27. The Kier molecular flexibility index (Phi) is 6.82. The van der Waals surface area contributed by atoms with Crippen molar-refractivity contribution >= 4 is 28.5 Å². The third-order valence-corrected chi connectivity index (χ3v) is 6.80. The topological polar surface area (TPSA) is 3.24 Å². The van der Waals surface area contributed by atoms with Crippen LogP contribution in [-0.4, -0.2) is 0 Å². The number of halogens is 1. The zero-order valence-corrected chi connectivity index (χ0v) is 21.4. The largest absolute Gasteiger partial charge is 0.308 e. The fraction of sp³-hybridized carbons (Fsp3) is 0.0909. The van der Waals surface area contributed by atoms with Crippen LogP contribution in [0.2, 0.25) is 5.02 Å². The van der Waals surface area contributed by atoms with E-state index in [-0.39, 0.29) is 0 Å². The lowest BCUT2D eigenvalue weighted by Gasteiger charge is -2.29. The predicted molar refractivity (Wildman–Crippen MR) is 154 cm³/mol. The van der Waals surface area contributed by atoms with Gasteiger partial charge in [-0.2, -0.15) is 0 Å². The molecule has 0 amide bonds. The number of rotatable bonds is 6. The molecule has 1 nitrogen and oxygen atoms in total. The van der Waals surface area contributed by atoms with Crippen LogP contribution in [0.25, 0.3) is 16.7 Å². The Morgan fingerprint density at radius 3 is 1.89 bits per heavy atom. The molecule has 0 aromatic heterocycles. The average Bonchev–Trinajstić information content (AvgIpc) is 2.95. The first-order chi connectivity index (χ1) is 16.9. The molecule has 0 aliphatic carbocycles. The van der Waals surface area contributed by atoms with Crippen molar-refractivity contribution < 1.29 is 0 Å². The van der Waals surface area contributed by atoms with Crippen molar-refractivity contribution in [2.24, 2.45) is 0 Å². The van der Waals surface area contributed by atoms with Crippen LogP contribution in [-0.2, 0) is 0 Å². The van der Waals surface area contributed by atoms with Gasteiger partial charge in [-0.05, 0) is 78.4 Å². The zero-order valence-electron chi connectivity index (χ0n) is 20.7. The molecular formula is C33H30ClN. The number of hydrogen-bond acceptors (Lipinski definition) is 1. The van der Waals surface area contributed by atoms with Gasteiger partial charge in [0.25, 0.3) is 0 Å². The number of hydrogen-bond donors (Lipinski definition) is 0. The lowest BCUT2D eigenvalue weighted by molar-refractivity contribution is 1.19. The molecule has 0 spiro atoms. The maximum atomic E-state index is 7.04. The summed E-state index contributed by atoms with van der Waals surface area (Å²) in [6.45, 7) is 22.8. The highest BCUT2D eigenvalue weighted by atomic mass is 35.5. The molecule has 35 heavy (non-hydrogen) atoms. The van der Waals surface area contributed by atoms with Gasteiger partial charge in [0.2, 0.25) is 0 Å². The fourth-order valence-electron chi connectivity index (χ4n) is 5.17. The Balaban J connectivity index is 2.01. The van der Waals surface area contributed by atoms with Gasteiger partial charge in [0.05, 0.1) is 22.1 Å². The Bertz CT molecular complexity index is 1420. The fourth-order valence-corrected chi connectivity index (χ4v) is 5.43. The molecule has 3 aromatic carbocycles. The molecule has 174 valence electrons. The maximum absolute atomic E-state index is 7.04. The summed E-state index contributed by atoms with van der Waals surface area (Å²) in [6, 6.07) is 19.0. The molecule has 4 rings (SSSR count). The molecule has 0 N–H and O–H groups in total. The van der Waals surface area contributed by atoms with E-state index in [1.807, 2.05) is 36.4 Å². The Morgan fingerprint density at radius 2 is 1.31 bits per heavy atom. The summed E-state index contributed by atoms with van der Waals surface area (Å²) in [5, 5.41) is 0.654. The maximum Gasteiger partial charge on any atom is 0.0652 e. The summed E-state index contributed by atoms with van der Waals surface area (Å²) in [7, 11) is 0. The Hall–Kier alpha value is -3.81. The number of allylic oxidation sites excluding steroid dienone is 7. The second-order valence-electron chi connectivity index (χ2n) is 8.74. The number of aryl methyl sites for hydroxylation is 3. The van der Waals surface area contributed by atoms with E-state index >= 15 is 0 Å². The van der Waals surface area contributed by atoms with Gasteiger partial charge in [-0.25, -0.2) is 0 Å². The van der Waals surface area contributed by atoms with E-state index in [1.165, 1.54) is 22.3 Å². The Morgan fingerprint density at radius 1 is 0.686 bits per heavy atom. The minimum Gasteiger partial charge on any atom is -0.308 e. The monoisotopic (exact) mass is 475 g/mol. The van der Waals surface area contributed by atoms with Gasteiger partial charge < -0.3 is 4.90 Å². The third kappa shape index (κ3) is 4.13. The van der Waals surface area contributed by atoms with E-state index in [0.29, 0.717) is 5.02 Å². The van der Waals surface area contributed by atoms with E-state index in [9.17, 15) is 0 Å². The van der Waals surface area contributed by atoms with Crippen LogP contribution in [0.3, 0.4) is 0 Å². The number of para-hydroxylation sites is 1. The highest BCUT2D eigenvalue weighted by Crippen LogP contribution is 2.46. The SMILES string of the molecule is C=CC1=C(C=C)c2ccccc2N(c2ccc(-c3c(C)cc(C)cc3C)cc2Cl)C(C=C)=C1C=C. The molecule has 1 aliphatic rings. The molecule has 0 bridgehead atoms. The molecule has 0 unspecified atom stereocenters. The van der Waals surface area contributed by atoms with E-state index in [0.717, 1.165) is 44.9 Å². The lowest BCUT2D eigenvalue weighted by Crippen LogP contribution is -2.17. The van der Waals surface area contributed by atoms with Crippen LogP contribution in [0.15, 0.2) is 122 Å². The summed E-state index contributed by atoms with van der Waals surface area (Å²) in [6.07, 6.45) is 7.42. The number of fused-ring (bicyclic) bond motifs is 1. The van der Waals surface area contributed by atoms with Crippen molar-refractivity contribution in [3.63, 3.8) is 0 Å². The van der Waals surface area contributed by atoms with Crippen LogP contribution < -0.4 is 4.90 Å². The van der Waals surface area contributed by atoms with Gasteiger partial charge in [0.15, 0.2) is 0 Å². The van der Waals surface area contributed by atoms with Crippen LogP contribution >= 0.6 is 11.6 Å². The molecule has 0 saturated heterocycles. The molecule has 0 radical (unpaired) electrons. The summed E-state index contributed by atoms with van der Waals surface area (Å²) >= 11 is 7.04. The quantitative estimate of drug-likeness (QED) is 0.342. The molecule has 0 fully saturated rings. The summed E-state index contributed by atoms with van der Waals surface area (Å²) < 4.78 is 0. The molecule has 2 heteroatoms. The van der Waals surface area contributed by atoms with E-state index in [1.54, 1.807) is 0 Å². The summed E-state index contributed by atoms with van der Waals surface area (Å²) in [5.74, 6) is 0. The first-order valence-electron chi connectivity index (χ1n) is 11.6. The predicted octanol–water partition coefficient (Wildman–Crippen LogP) is 9.84. The van der Waals surface area contributed by atoms with Gasteiger partial charge >= 0.3 is 0 Å². The molecule has 0 saturated carbocycles. The molecule has 3 aromatic rings. The van der Waals surface area contributed by atoms with Crippen molar-refractivity contribution in [3.05, 3.63) is 149 Å². The molecule has 1 heterocycles. The zero-order chi connectivity index (χ0) is 25.3. The Labute approximate surface area is 214 Å². The standard InChI is InChI=1S/C33H30ClN/c1-8-25-26(9-2)28-14-12-13-15-31(28)35(30(11-4)27(25)10-3)32-17-16-24(20-29(32)34)33-22(6)18-21(5)19-23(33)7/h8-20H,1-4H2,5-7H3. The highest BCUT2D eigenvalue weighted by molar-refractivity contribution is 6.34. The van der Waals surface area contributed by atoms with Crippen molar-refractivity contribution in [1.29, 1.82) is 0 Å². The minimum atomic E-state index is 0.654. The van der Waals surface area contributed by atoms with E-state index < -0.39 is 0 Å². The third-order valence-electron chi connectivity index (χ3n) is 6.49. The summed E-state index contributed by atoms with van der Waals surface area (Å²) in [5.41, 5.74) is 12.7. The summed E-state index contributed by atoms with van der Waals surface area (Å²) in [4.78, 5) is 2.15. The number of benzene rings is 3. The first-order valence-corrected chi connectivity index (χ1v) is 12.0. The van der Waals surface area contributed by atoms with Gasteiger partial charge in [-0.3, -0.25) is 0 Å². The average molecular weight is 476 g/mol. The molecule has 1 aliphatic heterocycles. The van der Waals surface area contributed by atoms with Crippen molar-refractivity contribution in [2.75, 3.05) is 4.90 Å². The molecular weight excluding hydrogens is 446 g/mol. The van der Waals surface area contributed by atoms with Gasteiger partial charge in [-0.15, -0.1) is 0 Å². The van der Waals surface area contributed by atoms with Gasteiger partial charge in [0, 0.05) is 11.1 Å². The lowest BCUT2D eigenvalue weighted by atomic mass is 9.93. The van der Waals surface area contributed by atoms with Crippen LogP contribution in [0.5, 0.6) is 0 Å². The van der Waals surface area contributed by atoms with E-state index in [2.05, 4.69) is 94.5 Å². The van der Waals surface area contributed by atoms with E-state index in [4.69, 9.17) is 11.6 Å². The minimum absolute atomic E-state index is 0.654. The van der Waals surface area contributed by atoms with Gasteiger partial charge in [0.1, 0.15) is 0 Å².